The Labute approximate surface area is 196 Å². The molecule has 4 rings (SSSR count). The van der Waals surface area contributed by atoms with Gasteiger partial charge in [-0.2, -0.15) is 0 Å². The van der Waals surface area contributed by atoms with E-state index in [4.69, 9.17) is 9.52 Å². The monoisotopic (exact) mass is 482 g/mol. The molecule has 0 radical (unpaired) electrons. The van der Waals surface area contributed by atoms with E-state index in [1.165, 1.54) is 37.4 Å². The zero-order valence-electron chi connectivity index (χ0n) is 18.3. The fourth-order valence-corrected chi connectivity index (χ4v) is 4.83. The van der Waals surface area contributed by atoms with Gasteiger partial charge in [0.15, 0.2) is 0 Å². The zero-order chi connectivity index (χ0) is 24.3. The number of benzene rings is 3. The molecule has 3 aromatic carbocycles. The molecule has 176 valence electrons. The van der Waals surface area contributed by atoms with Crippen molar-refractivity contribution in [2.45, 2.75) is 6.42 Å². The lowest BCUT2D eigenvalue weighted by Crippen LogP contribution is -2.18. The summed E-state index contributed by atoms with van der Waals surface area (Å²) in [5.74, 6) is -0.826. The van der Waals surface area contributed by atoms with Crippen molar-refractivity contribution < 1.29 is 27.1 Å². The van der Waals surface area contributed by atoms with Gasteiger partial charge in [-0.25, -0.2) is 12.8 Å². The summed E-state index contributed by atoms with van der Waals surface area (Å²) in [6.45, 7) is -0.250. The van der Waals surface area contributed by atoms with Crippen molar-refractivity contribution in [3.8, 4) is 22.5 Å². The van der Waals surface area contributed by atoms with Crippen molar-refractivity contribution in [3.05, 3.63) is 78.1 Å². The molecule has 0 bridgehead atoms. The molecule has 0 aliphatic rings. The smallest absolute Gasteiger partial charge is 0.255 e. The number of carbonyl (C=O) groups excluding carboxylic acids is 1. The van der Waals surface area contributed by atoms with Gasteiger partial charge in [-0.15, -0.1) is 0 Å². The first-order chi connectivity index (χ1) is 16.3. The Morgan fingerprint density at radius 1 is 1.03 bits per heavy atom. The first kappa shape index (κ1) is 23.5. The summed E-state index contributed by atoms with van der Waals surface area (Å²) in [7, 11) is -2.25. The molecule has 0 saturated carbocycles. The second kappa shape index (κ2) is 9.66. The van der Waals surface area contributed by atoms with Gasteiger partial charge in [-0.3, -0.25) is 9.52 Å². The van der Waals surface area contributed by atoms with Crippen LogP contribution in [0.3, 0.4) is 0 Å². The van der Waals surface area contributed by atoms with Crippen molar-refractivity contribution in [3.63, 3.8) is 0 Å². The summed E-state index contributed by atoms with van der Waals surface area (Å²) in [5, 5.41) is 12.1. The molecule has 1 heterocycles. The average Bonchev–Trinajstić information content (AvgIpc) is 3.20. The van der Waals surface area contributed by atoms with Gasteiger partial charge in [0.25, 0.3) is 5.91 Å². The highest BCUT2D eigenvalue weighted by Crippen LogP contribution is 2.40. The predicted molar refractivity (Wildman–Crippen MR) is 130 cm³/mol. The normalized spacial score (nSPS) is 11.5. The minimum Gasteiger partial charge on any atom is -0.455 e. The van der Waals surface area contributed by atoms with Crippen LogP contribution in [0.5, 0.6) is 0 Å². The van der Waals surface area contributed by atoms with Gasteiger partial charge in [0, 0.05) is 36.2 Å². The number of hydrogen-bond acceptors (Lipinski definition) is 5. The van der Waals surface area contributed by atoms with Crippen LogP contribution in [0.2, 0.25) is 0 Å². The third kappa shape index (κ3) is 4.80. The molecule has 1 amide bonds. The van der Waals surface area contributed by atoms with E-state index in [0.29, 0.717) is 16.5 Å². The number of carbonyl (C=O) groups is 1. The standard InChI is InChI=1S/C25H23FN2O5S/c1-27-25(30)23-20-14-19(16-6-3-2-4-7-16)21(28-34(31,32)13-5-12-29)15-22(20)33-24(23)17-8-10-18(26)11-9-17/h2-4,6-11,14-15,28-29H,5,12-13H2,1H3,(H,27,30). The number of aliphatic hydroxyl groups excluding tert-OH is 1. The summed E-state index contributed by atoms with van der Waals surface area (Å²) in [6.07, 6.45) is 0.0918. The number of hydrogen-bond donors (Lipinski definition) is 3. The van der Waals surface area contributed by atoms with Crippen LogP contribution in [0.4, 0.5) is 10.1 Å². The minimum absolute atomic E-state index is 0.0918. The van der Waals surface area contributed by atoms with Crippen LogP contribution in [0, 0.1) is 5.82 Å². The van der Waals surface area contributed by atoms with Crippen LogP contribution in [-0.4, -0.2) is 38.8 Å². The number of fused-ring (bicyclic) bond motifs is 1. The third-order valence-corrected chi connectivity index (χ3v) is 6.67. The maximum atomic E-state index is 13.5. The fraction of sp³-hybridized carbons (Fsp3) is 0.160. The maximum absolute atomic E-state index is 13.5. The number of sulfonamides is 1. The molecule has 0 fully saturated rings. The van der Waals surface area contributed by atoms with Gasteiger partial charge in [0.1, 0.15) is 17.2 Å². The molecular formula is C25H23FN2O5S. The highest BCUT2D eigenvalue weighted by Gasteiger charge is 2.24. The number of anilines is 1. The molecule has 0 unspecified atom stereocenters. The van der Waals surface area contributed by atoms with Gasteiger partial charge in [-0.1, -0.05) is 30.3 Å². The molecule has 0 atom stereocenters. The SMILES string of the molecule is CNC(=O)c1c(-c2ccc(F)cc2)oc2cc(NS(=O)(=O)CCCO)c(-c3ccccc3)cc12. The summed E-state index contributed by atoms with van der Waals surface area (Å²) in [4.78, 5) is 12.8. The highest BCUT2D eigenvalue weighted by molar-refractivity contribution is 7.92. The van der Waals surface area contributed by atoms with E-state index in [2.05, 4.69) is 10.0 Å². The van der Waals surface area contributed by atoms with Crippen LogP contribution < -0.4 is 10.0 Å². The second-order valence-corrected chi connectivity index (χ2v) is 9.49. The summed E-state index contributed by atoms with van der Waals surface area (Å²) >= 11 is 0. The summed E-state index contributed by atoms with van der Waals surface area (Å²) < 4.78 is 47.3. The fourth-order valence-electron chi connectivity index (χ4n) is 3.71. The van der Waals surface area contributed by atoms with Crippen LogP contribution in [0.15, 0.2) is 71.1 Å². The molecule has 9 heteroatoms. The second-order valence-electron chi connectivity index (χ2n) is 7.65. The van der Waals surface area contributed by atoms with E-state index in [9.17, 15) is 17.6 Å². The Kier molecular flexibility index (Phi) is 6.67. The molecule has 4 aromatic rings. The average molecular weight is 483 g/mol. The number of halogens is 1. The van der Waals surface area contributed by atoms with E-state index in [0.717, 1.165) is 5.56 Å². The van der Waals surface area contributed by atoms with E-state index in [1.54, 1.807) is 6.07 Å². The number of amides is 1. The van der Waals surface area contributed by atoms with Crippen molar-refractivity contribution in [2.24, 2.45) is 0 Å². The van der Waals surface area contributed by atoms with Gasteiger partial charge in [-0.05, 0) is 42.3 Å². The van der Waals surface area contributed by atoms with Crippen molar-refractivity contribution >= 4 is 32.6 Å². The molecular weight excluding hydrogens is 459 g/mol. The molecule has 0 aliphatic heterocycles. The Morgan fingerprint density at radius 3 is 2.38 bits per heavy atom. The lowest BCUT2D eigenvalue weighted by atomic mass is 9.99. The Balaban J connectivity index is 1.97. The van der Waals surface area contributed by atoms with E-state index < -0.39 is 21.7 Å². The van der Waals surface area contributed by atoms with Gasteiger partial charge < -0.3 is 14.8 Å². The highest BCUT2D eigenvalue weighted by atomic mass is 32.2. The third-order valence-electron chi connectivity index (χ3n) is 5.31. The van der Waals surface area contributed by atoms with Gasteiger partial charge >= 0.3 is 0 Å². The lowest BCUT2D eigenvalue weighted by molar-refractivity contribution is 0.0964. The number of rotatable bonds is 8. The van der Waals surface area contributed by atoms with Crippen LogP contribution in [-0.2, 0) is 10.0 Å². The molecule has 0 spiro atoms. The van der Waals surface area contributed by atoms with E-state index in [1.807, 2.05) is 30.3 Å². The Hall–Kier alpha value is -3.69. The molecule has 34 heavy (non-hydrogen) atoms. The van der Waals surface area contributed by atoms with Crippen molar-refractivity contribution in [1.82, 2.24) is 5.32 Å². The summed E-state index contributed by atoms with van der Waals surface area (Å²) in [6, 6.07) is 17.9. The topological polar surface area (TPSA) is 109 Å². The Morgan fingerprint density at radius 2 is 1.74 bits per heavy atom. The van der Waals surface area contributed by atoms with E-state index in [-0.39, 0.29) is 41.4 Å². The van der Waals surface area contributed by atoms with E-state index >= 15 is 0 Å². The largest absolute Gasteiger partial charge is 0.455 e. The molecule has 0 saturated heterocycles. The number of aliphatic hydroxyl groups is 1. The van der Waals surface area contributed by atoms with Crippen LogP contribution in [0.1, 0.15) is 16.8 Å². The number of furan rings is 1. The first-order valence-corrected chi connectivity index (χ1v) is 12.2. The Bertz CT molecular complexity index is 1430. The molecule has 3 N–H and O–H groups in total. The predicted octanol–water partition coefficient (Wildman–Crippen LogP) is 4.39. The quantitative estimate of drug-likeness (QED) is 0.345. The molecule has 0 aliphatic carbocycles. The van der Waals surface area contributed by atoms with Gasteiger partial charge in [0.05, 0.1) is 17.0 Å². The van der Waals surface area contributed by atoms with Crippen LogP contribution >= 0.6 is 0 Å². The lowest BCUT2D eigenvalue weighted by Gasteiger charge is -2.13. The summed E-state index contributed by atoms with van der Waals surface area (Å²) in [5.41, 5.74) is 2.62. The first-order valence-electron chi connectivity index (χ1n) is 10.6. The van der Waals surface area contributed by atoms with Crippen molar-refractivity contribution in [2.75, 3.05) is 24.1 Å². The minimum atomic E-state index is -3.75. The zero-order valence-corrected chi connectivity index (χ0v) is 19.2. The van der Waals surface area contributed by atoms with Gasteiger partial charge in [0.2, 0.25) is 10.0 Å². The molecule has 7 nitrogen and oxygen atoms in total. The number of nitrogens with one attached hydrogen (secondary N) is 2. The molecule has 1 aromatic heterocycles. The van der Waals surface area contributed by atoms with Crippen molar-refractivity contribution in [1.29, 1.82) is 0 Å². The van der Waals surface area contributed by atoms with Crippen LogP contribution in [0.25, 0.3) is 33.4 Å². The maximum Gasteiger partial charge on any atom is 0.255 e.